The Hall–Kier alpha value is -3.23. The van der Waals surface area contributed by atoms with Crippen molar-refractivity contribution >= 4 is 28.2 Å². The van der Waals surface area contributed by atoms with Crippen molar-refractivity contribution in [1.29, 1.82) is 0 Å². The number of aromatic amines is 1. The molecule has 1 atom stereocenters. The number of pyridine rings is 1. The van der Waals surface area contributed by atoms with Crippen LogP contribution in [0.2, 0.25) is 5.02 Å². The van der Waals surface area contributed by atoms with Crippen LogP contribution in [0, 0.1) is 5.82 Å². The van der Waals surface area contributed by atoms with Crippen molar-refractivity contribution in [2.24, 2.45) is 0 Å². The van der Waals surface area contributed by atoms with E-state index >= 15 is 0 Å². The fourth-order valence-corrected chi connectivity index (χ4v) is 4.80. The number of aromatic nitrogens is 6. The van der Waals surface area contributed by atoms with Gasteiger partial charge in [0.25, 0.3) is 0 Å². The normalized spacial score (nSPS) is 18.2. The summed E-state index contributed by atoms with van der Waals surface area (Å²) in [6.45, 7) is 4.76. The lowest BCUT2D eigenvalue weighted by atomic mass is 9.99. The molecule has 0 radical (unpaired) electrons. The van der Waals surface area contributed by atoms with E-state index in [0.717, 1.165) is 23.0 Å². The van der Waals surface area contributed by atoms with Gasteiger partial charge in [0.05, 0.1) is 33.4 Å². The molecule has 1 aromatic carbocycles. The smallest absolute Gasteiger partial charge is 0.185 e. The second kappa shape index (κ2) is 6.88. The lowest BCUT2D eigenvalue weighted by molar-refractivity contribution is 0.0122. The van der Waals surface area contributed by atoms with Gasteiger partial charge in [0, 0.05) is 30.6 Å². The van der Waals surface area contributed by atoms with Crippen LogP contribution in [0.5, 0.6) is 0 Å². The van der Waals surface area contributed by atoms with E-state index < -0.39 is 11.4 Å². The molecule has 4 aromatic heterocycles. The topological polar surface area (TPSA) is 73.0 Å². The maximum Gasteiger partial charge on any atom is 0.185 e. The Morgan fingerprint density at radius 2 is 2.12 bits per heavy atom. The monoisotopic (exact) mass is 450 g/mol. The molecule has 162 valence electrons. The van der Waals surface area contributed by atoms with Crippen LogP contribution in [0.4, 0.5) is 4.39 Å². The number of hydrogen-bond donors (Lipinski definition) is 1. The highest BCUT2D eigenvalue weighted by Gasteiger charge is 2.40. The van der Waals surface area contributed by atoms with Gasteiger partial charge in [-0.05, 0) is 50.6 Å². The van der Waals surface area contributed by atoms with E-state index in [9.17, 15) is 4.39 Å². The minimum Gasteiger partial charge on any atom is -0.373 e. The molecule has 32 heavy (non-hydrogen) atoms. The van der Waals surface area contributed by atoms with Gasteiger partial charge in [-0.25, -0.2) is 19.0 Å². The number of nitrogens with zero attached hydrogens (tertiary/aromatic N) is 5. The van der Waals surface area contributed by atoms with Gasteiger partial charge in [0.15, 0.2) is 11.6 Å². The van der Waals surface area contributed by atoms with E-state index in [1.54, 1.807) is 6.20 Å². The lowest BCUT2D eigenvalue weighted by Gasteiger charge is -2.26. The molecule has 0 bridgehead atoms. The van der Waals surface area contributed by atoms with Crippen molar-refractivity contribution in [3.8, 4) is 22.9 Å². The zero-order valence-electron chi connectivity index (χ0n) is 17.5. The fourth-order valence-electron chi connectivity index (χ4n) is 4.54. The van der Waals surface area contributed by atoms with Gasteiger partial charge < -0.3 is 14.1 Å². The highest BCUT2D eigenvalue weighted by molar-refractivity contribution is 6.35. The summed E-state index contributed by atoms with van der Waals surface area (Å²) in [5, 5.41) is 6.00. The second-order valence-electron chi connectivity index (χ2n) is 8.57. The number of H-pyrrole nitrogens is 1. The largest absolute Gasteiger partial charge is 0.373 e. The van der Waals surface area contributed by atoms with Gasteiger partial charge in [-0.15, -0.1) is 5.10 Å². The first-order chi connectivity index (χ1) is 15.4. The maximum atomic E-state index is 13.9. The number of imidazole rings is 1. The predicted molar refractivity (Wildman–Crippen MR) is 120 cm³/mol. The number of halogens is 2. The molecule has 1 N–H and O–H groups in total. The summed E-state index contributed by atoms with van der Waals surface area (Å²) in [5.74, 6) is 0.814. The van der Waals surface area contributed by atoms with Crippen LogP contribution in [0.3, 0.4) is 0 Å². The quantitative estimate of drug-likeness (QED) is 0.406. The number of hydrogen-bond acceptors (Lipinski definition) is 4. The first-order valence-electron chi connectivity index (χ1n) is 10.4. The standard InChI is InChI=1S/C23H20ClFN6O/c1-23(2)19(5-9-32-23)31-22(18-12-15-16(24)10-13(25)11-17(15)27-18)28-20(29-31)14-4-3-7-30-8-6-26-21(14)30/h3-4,6-8,10-12,19,27H,5,9H2,1-2H3. The third-order valence-electron chi connectivity index (χ3n) is 6.15. The van der Waals surface area contributed by atoms with E-state index in [0.29, 0.717) is 34.5 Å². The molecule has 1 unspecified atom stereocenters. The molecule has 5 aromatic rings. The van der Waals surface area contributed by atoms with Crippen LogP contribution < -0.4 is 0 Å². The van der Waals surface area contributed by atoms with Crippen LogP contribution in [0.1, 0.15) is 26.3 Å². The van der Waals surface area contributed by atoms with E-state index in [4.69, 9.17) is 26.4 Å². The van der Waals surface area contributed by atoms with E-state index in [-0.39, 0.29) is 6.04 Å². The molecular formula is C23H20ClFN6O. The number of nitrogens with one attached hydrogen (secondary N) is 1. The lowest BCUT2D eigenvalue weighted by Crippen LogP contribution is -2.31. The van der Waals surface area contributed by atoms with E-state index in [1.165, 1.54) is 12.1 Å². The Kier molecular flexibility index (Phi) is 4.18. The zero-order chi connectivity index (χ0) is 22.0. The molecule has 0 aliphatic carbocycles. The molecule has 1 saturated heterocycles. The molecular weight excluding hydrogens is 431 g/mol. The Balaban J connectivity index is 1.58. The van der Waals surface area contributed by atoms with Crippen LogP contribution in [-0.2, 0) is 4.74 Å². The Labute approximate surface area is 187 Å². The van der Waals surface area contributed by atoms with Crippen molar-refractivity contribution < 1.29 is 9.13 Å². The predicted octanol–water partition coefficient (Wildman–Crippen LogP) is 5.27. The molecule has 1 fully saturated rings. The van der Waals surface area contributed by atoms with E-state index in [1.807, 2.05) is 39.7 Å². The zero-order valence-corrected chi connectivity index (χ0v) is 18.3. The molecule has 0 spiro atoms. The van der Waals surface area contributed by atoms with Crippen LogP contribution in [-0.4, -0.2) is 41.3 Å². The number of ether oxygens (including phenoxy) is 1. The summed E-state index contributed by atoms with van der Waals surface area (Å²) >= 11 is 6.30. The molecule has 9 heteroatoms. The minimum atomic E-state index is -0.408. The fraction of sp³-hybridized carbons (Fsp3) is 0.261. The molecule has 0 saturated carbocycles. The summed E-state index contributed by atoms with van der Waals surface area (Å²) in [6.07, 6.45) is 6.38. The van der Waals surface area contributed by atoms with Crippen molar-refractivity contribution in [2.45, 2.75) is 31.9 Å². The minimum absolute atomic E-state index is 0.0168. The van der Waals surface area contributed by atoms with Crippen molar-refractivity contribution in [2.75, 3.05) is 6.61 Å². The highest BCUT2D eigenvalue weighted by Crippen LogP contribution is 2.39. The molecule has 1 aliphatic rings. The second-order valence-corrected chi connectivity index (χ2v) is 8.98. The third-order valence-corrected chi connectivity index (χ3v) is 6.46. The van der Waals surface area contributed by atoms with Crippen molar-refractivity contribution in [1.82, 2.24) is 29.1 Å². The summed E-state index contributed by atoms with van der Waals surface area (Å²) < 4.78 is 23.7. The van der Waals surface area contributed by atoms with Gasteiger partial charge in [0.2, 0.25) is 0 Å². The summed E-state index contributed by atoms with van der Waals surface area (Å²) in [6, 6.07) is 8.51. The summed E-state index contributed by atoms with van der Waals surface area (Å²) in [4.78, 5) is 12.7. The first-order valence-corrected chi connectivity index (χ1v) is 10.8. The third kappa shape index (κ3) is 2.94. The molecule has 7 nitrogen and oxygen atoms in total. The van der Waals surface area contributed by atoms with Crippen LogP contribution >= 0.6 is 11.6 Å². The van der Waals surface area contributed by atoms with Gasteiger partial charge in [-0.2, -0.15) is 0 Å². The first kappa shape index (κ1) is 19.5. The molecule has 0 amide bonds. The average Bonchev–Trinajstić information content (AvgIpc) is 3.51. The Bertz CT molecular complexity index is 1480. The van der Waals surface area contributed by atoms with Crippen molar-refractivity contribution in [3.05, 3.63) is 59.8 Å². The van der Waals surface area contributed by atoms with Gasteiger partial charge in [-0.1, -0.05) is 11.6 Å². The number of fused-ring (bicyclic) bond motifs is 2. The van der Waals surface area contributed by atoms with E-state index in [2.05, 4.69) is 23.8 Å². The SMILES string of the molecule is CC1(C)OCCC1n1nc(-c2cccn3ccnc23)nc1-c1cc2c(Cl)cc(F)cc2[nH]1. The van der Waals surface area contributed by atoms with Crippen LogP contribution in [0.15, 0.2) is 48.9 Å². The molecule has 5 heterocycles. The Morgan fingerprint density at radius 3 is 2.94 bits per heavy atom. The molecule has 6 rings (SSSR count). The summed E-state index contributed by atoms with van der Waals surface area (Å²) in [5.41, 5.74) is 2.52. The highest BCUT2D eigenvalue weighted by atomic mass is 35.5. The Morgan fingerprint density at radius 1 is 1.25 bits per heavy atom. The maximum absolute atomic E-state index is 13.9. The van der Waals surface area contributed by atoms with Crippen molar-refractivity contribution in [3.63, 3.8) is 0 Å². The number of benzene rings is 1. The van der Waals surface area contributed by atoms with Gasteiger partial charge in [-0.3, -0.25) is 0 Å². The average molecular weight is 451 g/mol. The molecule has 1 aliphatic heterocycles. The van der Waals surface area contributed by atoms with Gasteiger partial charge >= 0.3 is 0 Å². The van der Waals surface area contributed by atoms with Crippen LogP contribution in [0.25, 0.3) is 39.5 Å². The number of rotatable bonds is 3. The summed E-state index contributed by atoms with van der Waals surface area (Å²) in [7, 11) is 0. The van der Waals surface area contributed by atoms with Gasteiger partial charge in [0.1, 0.15) is 11.5 Å².